The molecule has 0 unspecified atom stereocenters. The molecule has 0 saturated carbocycles. The molecule has 3 rings (SSSR count). The smallest absolute Gasteiger partial charge is 0.274 e. The number of aryl methyl sites for hydroxylation is 2. The number of methoxy groups -OCH3 is 1. The minimum Gasteiger partial charge on any atom is -0.497 e. The predicted molar refractivity (Wildman–Crippen MR) is 112 cm³/mol. The molecular formula is C21H23N3O3S. The topological polar surface area (TPSA) is 84.1 Å². The van der Waals surface area contributed by atoms with Gasteiger partial charge in [-0.1, -0.05) is 6.92 Å². The van der Waals surface area contributed by atoms with Crippen LogP contribution < -0.4 is 10.1 Å². The van der Waals surface area contributed by atoms with Crippen LogP contribution in [0.1, 0.15) is 50.8 Å². The molecule has 0 atom stereocenters. The molecule has 146 valence electrons. The van der Waals surface area contributed by atoms with Crippen molar-refractivity contribution in [3.8, 4) is 17.0 Å². The van der Waals surface area contributed by atoms with Gasteiger partial charge in [0.1, 0.15) is 11.4 Å². The molecule has 0 aliphatic heterocycles. The number of aromatic amines is 1. The van der Waals surface area contributed by atoms with E-state index in [1.807, 2.05) is 45.0 Å². The van der Waals surface area contributed by atoms with Crippen molar-refractivity contribution in [3.05, 3.63) is 51.7 Å². The Morgan fingerprint density at radius 3 is 2.46 bits per heavy atom. The van der Waals surface area contributed by atoms with Crippen LogP contribution in [0.15, 0.2) is 24.3 Å². The fourth-order valence-corrected chi connectivity index (χ4v) is 4.16. The van der Waals surface area contributed by atoms with Gasteiger partial charge < -0.3 is 9.72 Å². The van der Waals surface area contributed by atoms with Gasteiger partial charge in [-0.05, 0) is 57.0 Å². The van der Waals surface area contributed by atoms with Gasteiger partial charge in [-0.15, -0.1) is 11.3 Å². The lowest BCUT2D eigenvalue weighted by molar-refractivity contribution is 0.101. The molecule has 0 bridgehead atoms. The van der Waals surface area contributed by atoms with Crippen molar-refractivity contribution in [2.75, 3.05) is 12.4 Å². The predicted octanol–water partition coefficient (Wildman–Crippen LogP) is 4.78. The lowest BCUT2D eigenvalue weighted by Gasteiger charge is -2.04. The average molecular weight is 398 g/mol. The van der Waals surface area contributed by atoms with E-state index in [1.54, 1.807) is 7.11 Å². The van der Waals surface area contributed by atoms with Gasteiger partial charge >= 0.3 is 0 Å². The van der Waals surface area contributed by atoms with Crippen molar-refractivity contribution in [1.29, 1.82) is 0 Å². The summed E-state index contributed by atoms with van der Waals surface area (Å²) < 4.78 is 5.19. The molecule has 28 heavy (non-hydrogen) atoms. The van der Waals surface area contributed by atoms with Gasteiger partial charge in [0.2, 0.25) is 0 Å². The number of nitrogens with one attached hydrogen (secondary N) is 2. The zero-order valence-corrected chi connectivity index (χ0v) is 17.4. The molecule has 6 nitrogen and oxygen atoms in total. The average Bonchev–Trinajstić information content (AvgIpc) is 3.21. The molecule has 2 N–H and O–H groups in total. The molecule has 1 amide bonds. The van der Waals surface area contributed by atoms with E-state index in [0.29, 0.717) is 28.5 Å². The Kier molecular flexibility index (Phi) is 5.65. The number of ketones is 1. The first-order valence-corrected chi connectivity index (χ1v) is 9.82. The molecule has 2 aromatic heterocycles. The van der Waals surface area contributed by atoms with Gasteiger partial charge in [0.15, 0.2) is 10.9 Å². The van der Waals surface area contributed by atoms with Gasteiger partial charge in [0.25, 0.3) is 5.91 Å². The fraction of sp³-hybridized carbons (Fsp3) is 0.286. The van der Waals surface area contributed by atoms with Crippen molar-refractivity contribution >= 4 is 28.2 Å². The monoisotopic (exact) mass is 397 g/mol. The second kappa shape index (κ2) is 7.98. The number of rotatable bonds is 6. The first-order valence-electron chi connectivity index (χ1n) is 9.01. The third kappa shape index (κ3) is 3.71. The van der Waals surface area contributed by atoms with E-state index in [4.69, 9.17) is 4.74 Å². The Bertz CT molecular complexity index is 1030. The summed E-state index contributed by atoms with van der Waals surface area (Å²) in [5.41, 5.74) is 4.26. The van der Waals surface area contributed by atoms with Crippen LogP contribution in [0.25, 0.3) is 11.3 Å². The third-order valence-corrected chi connectivity index (χ3v) is 5.49. The number of anilines is 1. The zero-order valence-electron chi connectivity index (χ0n) is 16.6. The van der Waals surface area contributed by atoms with Crippen molar-refractivity contribution in [2.24, 2.45) is 0 Å². The largest absolute Gasteiger partial charge is 0.497 e. The van der Waals surface area contributed by atoms with E-state index in [1.165, 1.54) is 18.3 Å². The maximum atomic E-state index is 12.8. The molecule has 0 fully saturated rings. The molecule has 0 saturated heterocycles. The maximum absolute atomic E-state index is 12.8. The Balaban J connectivity index is 1.88. The Morgan fingerprint density at radius 1 is 1.21 bits per heavy atom. The highest BCUT2D eigenvalue weighted by molar-refractivity contribution is 7.16. The summed E-state index contributed by atoms with van der Waals surface area (Å²) in [5, 5.41) is 3.39. The zero-order chi connectivity index (χ0) is 20.4. The number of hydrogen-bond donors (Lipinski definition) is 2. The number of nitrogens with zero attached hydrogens (tertiary/aromatic N) is 1. The summed E-state index contributed by atoms with van der Waals surface area (Å²) in [4.78, 5) is 33.4. The lowest BCUT2D eigenvalue weighted by Crippen LogP contribution is -2.14. The molecule has 2 heterocycles. The fourth-order valence-electron chi connectivity index (χ4n) is 3.33. The minimum atomic E-state index is -0.289. The van der Waals surface area contributed by atoms with Crippen molar-refractivity contribution in [1.82, 2.24) is 9.97 Å². The van der Waals surface area contributed by atoms with Crippen LogP contribution >= 0.6 is 11.3 Å². The quantitative estimate of drug-likeness (QED) is 0.586. The van der Waals surface area contributed by atoms with Crippen LogP contribution in [-0.4, -0.2) is 28.8 Å². The summed E-state index contributed by atoms with van der Waals surface area (Å²) in [6, 6.07) is 7.64. The van der Waals surface area contributed by atoms with Crippen molar-refractivity contribution < 1.29 is 14.3 Å². The van der Waals surface area contributed by atoms with Gasteiger partial charge in [0.05, 0.1) is 12.8 Å². The van der Waals surface area contributed by atoms with Crippen LogP contribution in [0.5, 0.6) is 5.75 Å². The van der Waals surface area contributed by atoms with E-state index < -0.39 is 0 Å². The van der Waals surface area contributed by atoms with Crippen LogP contribution in [0, 0.1) is 13.8 Å². The number of thiazole rings is 1. The van der Waals surface area contributed by atoms with E-state index >= 15 is 0 Å². The molecule has 0 aliphatic rings. The Morgan fingerprint density at radius 2 is 1.89 bits per heavy atom. The highest BCUT2D eigenvalue weighted by Gasteiger charge is 2.22. The normalized spacial score (nSPS) is 10.8. The van der Waals surface area contributed by atoms with Gasteiger partial charge in [-0.3, -0.25) is 14.9 Å². The first kappa shape index (κ1) is 19.8. The summed E-state index contributed by atoms with van der Waals surface area (Å²) in [5.74, 6) is 0.444. The van der Waals surface area contributed by atoms with Crippen molar-refractivity contribution in [3.63, 3.8) is 0 Å². The van der Waals surface area contributed by atoms with E-state index in [9.17, 15) is 9.59 Å². The number of carbonyl (C=O) groups excluding carboxylic acids is 2. The summed E-state index contributed by atoms with van der Waals surface area (Å²) in [6.45, 7) is 7.22. The molecule has 0 radical (unpaired) electrons. The van der Waals surface area contributed by atoms with E-state index in [2.05, 4.69) is 15.3 Å². The molecule has 7 heteroatoms. The molecule has 1 aromatic carbocycles. The third-order valence-electron chi connectivity index (χ3n) is 4.60. The van der Waals surface area contributed by atoms with Gasteiger partial charge in [-0.2, -0.15) is 0 Å². The highest BCUT2D eigenvalue weighted by atomic mass is 32.1. The first-order chi connectivity index (χ1) is 13.3. The van der Waals surface area contributed by atoms with Crippen LogP contribution in [0.2, 0.25) is 0 Å². The van der Waals surface area contributed by atoms with E-state index in [-0.39, 0.29) is 11.7 Å². The summed E-state index contributed by atoms with van der Waals surface area (Å²) in [6.07, 6.45) is 0.593. The number of hydrogen-bond acceptors (Lipinski definition) is 5. The second-order valence-electron chi connectivity index (χ2n) is 6.49. The molecule has 0 spiro atoms. The number of ether oxygens (including phenoxy) is 1. The molecule has 3 aromatic rings. The van der Waals surface area contributed by atoms with Gasteiger partial charge in [0, 0.05) is 21.7 Å². The van der Waals surface area contributed by atoms with Crippen LogP contribution in [0.3, 0.4) is 0 Å². The highest BCUT2D eigenvalue weighted by Crippen LogP contribution is 2.32. The molecular weight excluding hydrogens is 374 g/mol. The number of benzene rings is 1. The lowest BCUT2D eigenvalue weighted by atomic mass is 10.0. The van der Waals surface area contributed by atoms with Crippen molar-refractivity contribution in [2.45, 2.75) is 34.1 Å². The SMILES string of the molecule is CCc1c(C(=O)Nc2nc(-c3ccc(OC)cc3)c(C)s2)[nH]c(C)c1C(C)=O. The van der Waals surface area contributed by atoms with Crippen LogP contribution in [0.4, 0.5) is 5.13 Å². The number of amides is 1. The molecule has 0 aliphatic carbocycles. The Hall–Kier alpha value is -2.93. The van der Waals surface area contributed by atoms with Crippen LogP contribution in [-0.2, 0) is 6.42 Å². The second-order valence-corrected chi connectivity index (χ2v) is 7.70. The number of carbonyl (C=O) groups is 2. The number of H-pyrrole nitrogens is 1. The maximum Gasteiger partial charge on any atom is 0.274 e. The number of aromatic nitrogens is 2. The minimum absolute atomic E-state index is 0.0449. The van der Waals surface area contributed by atoms with Gasteiger partial charge in [-0.25, -0.2) is 4.98 Å². The number of Topliss-reactive ketones (excluding diaryl/α,β-unsaturated/α-hetero) is 1. The van der Waals surface area contributed by atoms with E-state index in [0.717, 1.165) is 27.4 Å². The summed E-state index contributed by atoms with van der Waals surface area (Å²) >= 11 is 1.42. The standard InChI is InChI=1S/C21H23N3O3S/c1-6-16-17(12(3)25)11(2)22-19(16)20(26)24-21-23-18(13(4)28-21)14-7-9-15(27-5)10-8-14/h7-10,22H,6H2,1-5H3,(H,23,24,26). The summed E-state index contributed by atoms with van der Waals surface area (Å²) in [7, 11) is 1.63. The Labute approximate surface area is 168 Å².